The zero-order chi connectivity index (χ0) is 17.8. The van der Waals surface area contributed by atoms with Gasteiger partial charge in [-0.05, 0) is 49.6 Å². The molecule has 130 valence electrons. The van der Waals surface area contributed by atoms with Crippen molar-refractivity contribution in [1.82, 2.24) is 14.6 Å². The molecule has 2 aromatic heterocycles. The van der Waals surface area contributed by atoms with Crippen molar-refractivity contribution in [3.05, 3.63) is 47.9 Å². The van der Waals surface area contributed by atoms with Crippen LogP contribution in [0.5, 0.6) is 5.75 Å². The minimum atomic E-state index is -0.263. The highest BCUT2D eigenvalue weighted by atomic mass is 16.5. The van der Waals surface area contributed by atoms with Gasteiger partial charge in [-0.15, -0.1) is 0 Å². The smallest absolute Gasteiger partial charge is 0.302 e. The number of esters is 1. The van der Waals surface area contributed by atoms with Crippen LogP contribution in [0.3, 0.4) is 0 Å². The molecular weight excluding hydrogens is 320 g/mol. The van der Waals surface area contributed by atoms with Crippen molar-refractivity contribution in [3.8, 4) is 5.75 Å². The van der Waals surface area contributed by atoms with E-state index >= 15 is 0 Å². The van der Waals surface area contributed by atoms with Gasteiger partial charge in [0.05, 0.1) is 12.3 Å². The first-order chi connectivity index (χ1) is 12.0. The number of nitrogens with zero attached hydrogens (tertiary/aromatic N) is 3. The summed E-state index contributed by atoms with van der Waals surface area (Å²) in [5.41, 5.74) is 4.27. The molecule has 3 aromatic rings. The summed E-state index contributed by atoms with van der Waals surface area (Å²) in [6, 6.07) is 6.83. The van der Waals surface area contributed by atoms with Gasteiger partial charge in [-0.1, -0.05) is 0 Å². The number of rotatable bonds is 6. The molecule has 2 heterocycles. The fourth-order valence-electron chi connectivity index (χ4n) is 2.54. The van der Waals surface area contributed by atoms with Crippen LogP contribution in [0.25, 0.3) is 5.65 Å². The number of phenolic OH excluding ortho intramolecular Hbond substituents is 1. The molecule has 0 saturated carbocycles. The van der Waals surface area contributed by atoms with Crippen LogP contribution in [0.4, 0.5) is 11.4 Å². The van der Waals surface area contributed by atoms with Crippen LogP contribution in [0.2, 0.25) is 0 Å². The number of nitrogens with one attached hydrogen (secondary N) is 1. The summed E-state index contributed by atoms with van der Waals surface area (Å²) < 4.78 is 6.69. The van der Waals surface area contributed by atoms with Gasteiger partial charge in [0.15, 0.2) is 5.65 Å². The van der Waals surface area contributed by atoms with Crippen molar-refractivity contribution < 1.29 is 14.6 Å². The minimum Gasteiger partial charge on any atom is -0.508 e. The van der Waals surface area contributed by atoms with E-state index in [-0.39, 0.29) is 11.7 Å². The van der Waals surface area contributed by atoms with E-state index < -0.39 is 0 Å². The molecule has 25 heavy (non-hydrogen) atoms. The van der Waals surface area contributed by atoms with E-state index in [1.54, 1.807) is 28.8 Å². The predicted octanol–water partition coefficient (Wildman–Crippen LogP) is 2.98. The number of fused-ring (bicyclic) bond motifs is 1. The number of aromatic nitrogens is 3. The number of carbonyl (C=O) groups excluding carboxylic acids is 1. The molecular formula is C18H20N4O3. The lowest BCUT2D eigenvalue weighted by atomic mass is 10.2. The highest BCUT2D eigenvalue weighted by molar-refractivity contribution is 5.76. The average Bonchev–Trinajstić information content (AvgIpc) is 2.88. The third-order valence-corrected chi connectivity index (χ3v) is 3.75. The molecule has 7 heteroatoms. The van der Waals surface area contributed by atoms with Crippen molar-refractivity contribution >= 4 is 23.0 Å². The summed E-state index contributed by atoms with van der Waals surface area (Å²) >= 11 is 0. The maximum Gasteiger partial charge on any atom is 0.302 e. The molecule has 1 aromatic carbocycles. The molecule has 0 unspecified atom stereocenters. The van der Waals surface area contributed by atoms with Crippen LogP contribution < -0.4 is 5.32 Å². The maximum absolute atomic E-state index is 10.8. The van der Waals surface area contributed by atoms with E-state index in [9.17, 15) is 9.90 Å². The Hall–Kier alpha value is -3.09. The SMILES string of the molecule is CC(=O)OCCCc1cnc2c(Nc3ccc(O)cc3)c(C)nn2c1. The normalized spacial score (nSPS) is 10.8. The van der Waals surface area contributed by atoms with Gasteiger partial charge in [-0.25, -0.2) is 9.50 Å². The summed E-state index contributed by atoms with van der Waals surface area (Å²) in [7, 11) is 0. The van der Waals surface area contributed by atoms with Gasteiger partial charge < -0.3 is 15.2 Å². The highest BCUT2D eigenvalue weighted by Gasteiger charge is 2.11. The molecule has 0 saturated heterocycles. The van der Waals surface area contributed by atoms with Crippen molar-refractivity contribution in [1.29, 1.82) is 0 Å². The molecule has 3 rings (SSSR count). The van der Waals surface area contributed by atoms with Gasteiger partial charge in [0.1, 0.15) is 11.4 Å². The predicted molar refractivity (Wildman–Crippen MR) is 94.1 cm³/mol. The molecule has 7 nitrogen and oxygen atoms in total. The van der Waals surface area contributed by atoms with Crippen LogP contribution in [0.15, 0.2) is 36.7 Å². The molecule has 0 radical (unpaired) electrons. The van der Waals surface area contributed by atoms with Crippen molar-refractivity contribution in [2.45, 2.75) is 26.7 Å². The van der Waals surface area contributed by atoms with Crippen LogP contribution in [0, 0.1) is 6.92 Å². The molecule has 0 aliphatic heterocycles. The summed E-state index contributed by atoms with van der Waals surface area (Å²) in [5.74, 6) is -0.0418. The lowest BCUT2D eigenvalue weighted by Gasteiger charge is -2.06. The summed E-state index contributed by atoms with van der Waals surface area (Å²) in [6.45, 7) is 3.72. The van der Waals surface area contributed by atoms with Gasteiger partial charge >= 0.3 is 5.97 Å². The Balaban J connectivity index is 1.76. The number of hydrogen-bond donors (Lipinski definition) is 2. The number of hydrogen-bond acceptors (Lipinski definition) is 6. The zero-order valence-corrected chi connectivity index (χ0v) is 14.2. The van der Waals surface area contributed by atoms with Gasteiger partial charge in [0.2, 0.25) is 0 Å². The van der Waals surface area contributed by atoms with E-state index in [1.807, 2.05) is 19.3 Å². The summed E-state index contributed by atoms with van der Waals surface area (Å²) in [4.78, 5) is 15.3. The quantitative estimate of drug-likeness (QED) is 0.407. The lowest BCUT2D eigenvalue weighted by molar-refractivity contribution is -0.141. The van der Waals surface area contributed by atoms with E-state index in [0.717, 1.165) is 41.1 Å². The first-order valence-corrected chi connectivity index (χ1v) is 8.06. The van der Waals surface area contributed by atoms with Gasteiger partial charge in [-0.3, -0.25) is 4.79 Å². The monoisotopic (exact) mass is 340 g/mol. The second kappa shape index (κ2) is 7.21. The number of carbonyl (C=O) groups is 1. The fourth-order valence-corrected chi connectivity index (χ4v) is 2.54. The molecule has 0 bridgehead atoms. The van der Waals surface area contributed by atoms with Crippen LogP contribution in [0.1, 0.15) is 24.6 Å². The molecule has 0 amide bonds. The second-order valence-corrected chi connectivity index (χ2v) is 5.81. The topological polar surface area (TPSA) is 88.8 Å². The first-order valence-electron chi connectivity index (χ1n) is 8.06. The van der Waals surface area contributed by atoms with Gasteiger partial charge in [0.25, 0.3) is 0 Å². The Labute approximate surface area is 145 Å². The maximum atomic E-state index is 10.8. The molecule has 0 aliphatic carbocycles. The van der Waals surface area contributed by atoms with E-state index in [2.05, 4.69) is 15.4 Å². The van der Waals surface area contributed by atoms with E-state index in [0.29, 0.717) is 6.61 Å². The van der Waals surface area contributed by atoms with Crippen molar-refractivity contribution in [2.24, 2.45) is 0 Å². The number of anilines is 2. The summed E-state index contributed by atoms with van der Waals surface area (Å²) in [5, 5.41) is 17.2. The largest absolute Gasteiger partial charge is 0.508 e. The third kappa shape index (κ3) is 4.06. The number of aromatic hydroxyl groups is 1. The number of aryl methyl sites for hydroxylation is 2. The fraction of sp³-hybridized carbons (Fsp3) is 0.278. The lowest BCUT2D eigenvalue weighted by Crippen LogP contribution is -2.02. The zero-order valence-electron chi connectivity index (χ0n) is 14.2. The average molecular weight is 340 g/mol. The van der Waals surface area contributed by atoms with E-state index in [1.165, 1.54) is 6.92 Å². The van der Waals surface area contributed by atoms with E-state index in [4.69, 9.17) is 4.74 Å². The number of phenols is 1. The minimum absolute atomic E-state index is 0.221. The standard InChI is InChI=1S/C18H20N4O3/c1-12-17(20-15-5-7-16(24)8-6-15)18-19-10-14(11-22(18)21-12)4-3-9-25-13(2)23/h5-8,10-11,20,24H,3-4,9H2,1-2H3. The highest BCUT2D eigenvalue weighted by Crippen LogP contribution is 2.25. The Morgan fingerprint density at radius 2 is 2.08 bits per heavy atom. The molecule has 2 N–H and O–H groups in total. The Morgan fingerprint density at radius 3 is 2.80 bits per heavy atom. The van der Waals surface area contributed by atoms with Crippen LogP contribution in [-0.4, -0.2) is 32.3 Å². The third-order valence-electron chi connectivity index (χ3n) is 3.75. The van der Waals surface area contributed by atoms with Crippen molar-refractivity contribution in [3.63, 3.8) is 0 Å². The second-order valence-electron chi connectivity index (χ2n) is 5.81. The van der Waals surface area contributed by atoms with Gasteiger partial charge in [-0.2, -0.15) is 5.10 Å². The molecule has 0 atom stereocenters. The summed E-state index contributed by atoms with van der Waals surface area (Å²) in [6.07, 6.45) is 5.25. The molecule has 0 spiro atoms. The Morgan fingerprint density at radius 1 is 1.32 bits per heavy atom. The van der Waals surface area contributed by atoms with Crippen molar-refractivity contribution in [2.75, 3.05) is 11.9 Å². The molecule has 0 aliphatic rings. The van der Waals surface area contributed by atoms with Gasteiger partial charge in [0, 0.05) is 25.0 Å². The molecule has 0 fully saturated rings. The Kier molecular flexibility index (Phi) is 4.83. The number of ether oxygens (including phenoxy) is 1. The number of benzene rings is 1. The van der Waals surface area contributed by atoms with Crippen LogP contribution in [-0.2, 0) is 16.0 Å². The van der Waals surface area contributed by atoms with Crippen LogP contribution >= 0.6 is 0 Å². The first kappa shape index (κ1) is 16.8. The Bertz CT molecular complexity index is 887.